The van der Waals surface area contributed by atoms with E-state index in [1.165, 1.54) is 11.1 Å². The summed E-state index contributed by atoms with van der Waals surface area (Å²) in [5.41, 5.74) is 7.63. The molecule has 0 atom stereocenters. The summed E-state index contributed by atoms with van der Waals surface area (Å²) < 4.78 is 0. The van der Waals surface area contributed by atoms with Gasteiger partial charge in [-0.05, 0) is 80.8 Å². The highest BCUT2D eigenvalue weighted by Crippen LogP contribution is 2.36. The number of carbonyl (C=O) groups is 2. The lowest BCUT2D eigenvalue weighted by Crippen LogP contribution is -2.28. The van der Waals surface area contributed by atoms with Gasteiger partial charge in [-0.25, -0.2) is 9.78 Å². The number of benzene rings is 2. The van der Waals surface area contributed by atoms with Crippen molar-refractivity contribution in [2.45, 2.75) is 27.7 Å². The van der Waals surface area contributed by atoms with Crippen LogP contribution in [0.1, 0.15) is 34.1 Å². The van der Waals surface area contributed by atoms with Crippen LogP contribution in [0.15, 0.2) is 58.7 Å². The Morgan fingerprint density at radius 2 is 1.79 bits per heavy atom. The fraction of sp³-hybridized carbons (Fsp3) is 0.160. The van der Waals surface area contributed by atoms with Gasteiger partial charge in [-0.15, -0.1) is 0 Å². The van der Waals surface area contributed by atoms with Gasteiger partial charge in [-0.2, -0.15) is 15.2 Å². The van der Waals surface area contributed by atoms with Crippen molar-refractivity contribution in [1.29, 1.82) is 0 Å². The molecule has 0 saturated carbocycles. The second-order valence-corrected chi connectivity index (χ2v) is 8.07. The zero-order chi connectivity index (χ0) is 24.6. The largest absolute Gasteiger partial charge is 0.505 e. The van der Waals surface area contributed by atoms with Gasteiger partial charge >= 0.3 is 11.9 Å². The Labute approximate surface area is 196 Å². The Kier molecular flexibility index (Phi) is 5.85. The van der Waals surface area contributed by atoms with Gasteiger partial charge in [0.25, 0.3) is 0 Å². The van der Waals surface area contributed by atoms with Crippen molar-refractivity contribution in [3.8, 4) is 17.0 Å². The van der Waals surface area contributed by atoms with E-state index < -0.39 is 11.9 Å². The van der Waals surface area contributed by atoms with Crippen LogP contribution in [0.2, 0.25) is 0 Å². The molecule has 0 saturated heterocycles. The second kappa shape index (κ2) is 8.78. The number of aromatic hydroxyl groups is 1. The number of phenolic OH excluding ortho intramolecular Hbond substituents is 1. The quantitative estimate of drug-likeness (QED) is 0.388. The molecule has 0 spiro atoms. The van der Waals surface area contributed by atoms with Crippen molar-refractivity contribution in [3.05, 3.63) is 70.9 Å². The molecule has 2 heterocycles. The first-order valence-electron chi connectivity index (χ1n) is 10.5. The monoisotopic (exact) mass is 457 g/mol. The molecule has 0 radical (unpaired) electrons. The van der Waals surface area contributed by atoms with Crippen LogP contribution in [-0.2, 0) is 4.79 Å². The van der Waals surface area contributed by atoms with Gasteiger partial charge in [0.15, 0.2) is 5.71 Å². The first-order chi connectivity index (χ1) is 16.2. The number of carbonyl (C=O) groups excluding carboxylic acids is 1. The van der Waals surface area contributed by atoms with Crippen molar-refractivity contribution >= 4 is 34.7 Å². The maximum Gasteiger partial charge on any atom is 0.354 e. The van der Waals surface area contributed by atoms with E-state index in [2.05, 4.69) is 20.6 Å². The van der Waals surface area contributed by atoms with Gasteiger partial charge in [0.05, 0.1) is 22.8 Å². The molecular weight excluding hydrogens is 434 g/mol. The first-order valence-corrected chi connectivity index (χ1v) is 10.5. The van der Waals surface area contributed by atoms with Crippen LogP contribution in [0.5, 0.6) is 5.75 Å². The molecule has 3 N–H and O–H groups in total. The summed E-state index contributed by atoms with van der Waals surface area (Å²) in [6.45, 7) is 7.46. The Bertz CT molecular complexity index is 1390. The van der Waals surface area contributed by atoms with Crippen molar-refractivity contribution in [2.75, 3.05) is 10.4 Å². The number of phenols is 1. The van der Waals surface area contributed by atoms with Crippen LogP contribution in [0.4, 0.5) is 11.4 Å². The Morgan fingerprint density at radius 3 is 2.50 bits per heavy atom. The fourth-order valence-electron chi connectivity index (χ4n) is 3.54. The normalized spacial score (nSPS) is 14.5. The topological polar surface area (TPSA) is 127 Å². The third-order valence-corrected chi connectivity index (χ3v) is 5.51. The van der Waals surface area contributed by atoms with E-state index in [1.807, 2.05) is 39.0 Å². The van der Waals surface area contributed by atoms with E-state index in [9.17, 15) is 19.8 Å². The number of amides is 1. The Morgan fingerprint density at radius 1 is 1.03 bits per heavy atom. The van der Waals surface area contributed by atoms with Crippen LogP contribution >= 0.6 is 0 Å². The molecule has 4 rings (SSSR count). The van der Waals surface area contributed by atoms with Crippen molar-refractivity contribution < 1.29 is 19.8 Å². The van der Waals surface area contributed by atoms with E-state index in [0.717, 1.165) is 16.7 Å². The van der Waals surface area contributed by atoms with E-state index in [0.29, 0.717) is 22.7 Å². The van der Waals surface area contributed by atoms with Crippen LogP contribution in [0.25, 0.3) is 11.3 Å². The molecule has 3 aromatic rings. The first kappa shape index (κ1) is 22.7. The van der Waals surface area contributed by atoms with Crippen LogP contribution in [-0.4, -0.2) is 38.5 Å². The zero-order valence-corrected chi connectivity index (χ0v) is 19.1. The van der Waals surface area contributed by atoms with Crippen LogP contribution in [0.3, 0.4) is 0 Å². The summed E-state index contributed by atoms with van der Waals surface area (Å²) in [5.74, 6) is -1.73. The number of nitrogens with one attached hydrogen (secondary N) is 1. The lowest BCUT2D eigenvalue weighted by Gasteiger charge is -2.13. The zero-order valence-electron chi connectivity index (χ0n) is 19.1. The molecule has 0 unspecified atom stereocenters. The number of nitrogens with zero attached hydrogens (tertiary/aromatic N) is 4. The average Bonchev–Trinajstić information content (AvgIpc) is 3.09. The number of aromatic carboxylic acids is 1. The minimum Gasteiger partial charge on any atom is -0.505 e. The van der Waals surface area contributed by atoms with Gasteiger partial charge in [0.2, 0.25) is 0 Å². The third kappa shape index (κ3) is 4.23. The number of hydrogen-bond acceptors (Lipinski definition) is 7. The molecule has 1 aliphatic rings. The molecular formula is C25H23N5O4. The lowest BCUT2D eigenvalue weighted by molar-refractivity contribution is -0.112. The highest BCUT2D eigenvalue weighted by atomic mass is 16.4. The minimum absolute atomic E-state index is 0.117. The number of hydrazone groups is 2. The van der Waals surface area contributed by atoms with Crippen molar-refractivity contribution in [2.24, 2.45) is 10.2 Å². The molecule has 0 bridgehead atoms. The number of hydrogen-bond donors (Lipinski definition) is 3. The van der Waals surface area contributed by atoms with Gasteiger partial charge in [0.1, 0.15) is 11.4 Å². The van der Waals surface area contributed by atoms with Crippen molar-refractivity contribution in [3.63, 3.8) is 0 Å². The molecule has 172 valence electrons. The van der Waals surface area contributed by atoms with Gasteiger partial charge in [0, 0.05) is 5.56 Å². The van der Waals surface area contributed by atoms with Gasteiger partial charge in [-0.3, -0.25) is 10.2 Å². The van der Waals surface area contributed by atoms with E-state index >= 15 is 0 Å². The number of aryl methyl sites for hydroxylation is 3. The number of carboxylic acids is 1. The van der Waals surface area contributed by atoms with Gasteiger partial charge < -0.3 is 10.2 Å². The standard InChI is InChI=1S/C25H23N5O4/c1-13-10-18(19-6-5-7-20(26-19)25(33)34)23(31)21(11-13)27-28-22-16(4)29-30(24(22)32)17-9-8-14(2)15(3)12-17/h5-12,27,31H,1-4H3,(H,33,34). The molecule has 1 amide bonds. The molecule has 2 aromatic carbocycles. The molecule has 1 aliphatic heterocycles. The SMILES string of the molecule is CC1=NN(c2ccc(C)c(C)c2)C(=O)C1=NNc1cc(C)cc(-c2cccc(C(=O)O)n2)c1O. The maximum absolute atomic E-state index is 13.0. The Balaban J connectivity index is 1.65. The molecule has 9 nitrogen and oxygen atoms in total. The van der Waals surface area contributed by atoms with E-state index in [-0.39, 0.29) is 22.8 Å². The highest BCUT2D eigenvalue weighted by molar-refractivity contribution is 6.71. The smallest absolute Gasteiger partial charge is 0.354 e. The molecule has 34 heavy (non-hydrogen) atoms. The minimum atomic E-state index is -1.17. The Hall–Kier alpha value is -4.53. The molecule has 0 fully saturated rings. The van der Waals surface area contributed by atoms with E-state index in [1.54, 1.807) is 31.2 Å². The number of aromatic nitrogens is 1. The summed E-state index contributed by atoms with van der Waals surface area (Å²) in [6, 6.07) is 13.5. The van der Waals surface area contributed by atoms with Crippen LogP contribution < -0.4 is 10.4 Å². The summed E-state index contributed by atoms with van der Waals surface area (Å²) in [7, 11) is 0. The number of carboxylic acid groups (broad SMARTS) is 1. The number of pyridine rings is 1. The fourth-order valence-corrected chi connectivity index (χ4v) is 3.54. The summed E-state index contributed by atoms with van der Waals surface area (Å²) in [4.78, 5) is 28.4. The predicted octanol–water partition coefficient (Wildman–Crippen LogP) is 4.27. The molecule has 1 aromatic heterocycles. The third-order valence-electron chi connectivity index (χ3n) is 5.51. The van der Waals surface area contributed by atoms with Crippen molar-refractivity contribution in [1.82, 2.24) is 4.98 Å². The average molecular weight is 457 g/mol. The number of rotatable bonds is 5. The summed E-state index contributed by atoms with van der Waals surface area (Å²) in [6.07, 6.45) is 0. The second-order valence-electron chi connectivity index (χ2n) is 8.07. The van der Waals surface area contributed by atoms with E-state index in [4.69, 9.17) is 0 Å². The predicted molar refractivity (Wildman–Crippen MR) is 131 cm³/mol. The van der Waals surface area contributed by atoms with Gasteiger partial charge in [-0.1, -0.05) is 12.1 Å². The number of anilines is 2. The van der Waals surface area contributed by atoms with Crippen LogP contribution in [0, 0.1) is 20.8 Å². The summed E-state index contributed by atoms with van der Waals surface area (Å²) >= 11 is 0. The highest BCUT2D eigenvalue weighted by Gasteiger charge is 2.31. The summed E-state index contributed by atoms with van der Waals surface area (Å²) in [5, 5.41) is 29.9. The molecule has 0 aliphatic carbocycles. The maximum atomic E-state index is 13.0. The lowest BCUT2D eigenvalue weighted by atomic mass is 10.0. The molecule has 9 heteroatoms.